The fraction of sp³-hybridized carbons (Fsp3) is 0. The maximum absolute atomic E-state index is 11.6. The molecule has 0 aliphatic heterocycles. The zero-order chi connectivity index (χ0) is 15.6. The molecule has 0 aliphatic carbocycles. The summed E-state index contributed by atoms with van der Waals surface area (Å²) in [6, 6.07) is 17.4. The Morgan fingerprint density at radius 2 is 1.05 bits per heavy atom. The Kier molecular flexibility index (Phi) is 5.57. The van der Waals surface area contributed by atoms with Crippen molar-refractivity contribution in [3.63, 3.8) is 0 Å². The van der Waals surface area contributed by atoms with Gasteiger partial charge in [0.25, 0.3) is 11.8 Å². The van der Waals surface area contributed by atoms with Crippen LogP contribution in [0.2, 0.25) is 0 Å². The third-order valence-corrected chi connectivity index (χ3v) is 2.62. The van der Waals surface area contributed by atoms with Crippen LogP contribution >= 0.6 is 0 Å². The van der Waals surface area contributed by atoms with Crippen LogP contribution < -0.4 is 10.9 Å². The molecule has 0 aliphatic rings. The second-order valence-electron chi connectivity index (χ2n) is 4.17. The Hall–Kier alpha value is -3.28. The first-order valence-electron chi connectivity index (χ1n) is 6.53. The fourth-order valence-electron chi connectivity index (χ4n) is 1.57. The molecule has 6 heteroatoms. The first kappa shape index (κ1) is 15.1. The van der Waals surface area contributed by atoms with E-state index in [1.165, 1.54) is 12.4 Å². The summed E-state index contributed by atoms with van der Waals surface area (Å²) >= 11 is 0. The van der Waals surface area contributed by atoms with E-state index in [1.807, 2.05) is 12.1 Å². The number of carbonyl (C=O) groups excluding carboxylic acids is 2. The highest BCUT2D eigenvalue weighted by Crippen LogP contribution is 1.98. The van der Waals surface area contributed by atoms with Crippen LogP contribution in [0.3, 0.4) is 0 Å². The maximum atomic E-state index is 11.6. The van der Waals surface area contributed by atoms with Crippen LogP contribution in [0, 0.1) is 0 Å². The van der Waals surface area contributed by atoms with E-state index in [0.29, 0.717) is 11.1 Å². The van der Waals surface area contributed by atoms with E-state index in [1.54, 1.807) is 48.5 Å². The highest BCUT2D eigenvalue weighted by molar-refractivity contribution is 6.16. The third kappa shape index (κ3) is 4.68. The monoisotopic (exact) mass is 294 g/mol. The summed E-state index contributed by atoms with van der Waals surface area (Å²) in [5.74, 6) is -0.642. The van der Waals surface area contributed by atoms with Crippen LogP contribution in [0.4, 0.5) is 0 Å². The third-order valence-electron chi connectivity index (χ3n) is 2.62. The van der Waals surface area contributed by atoms with E-state index >= 15 is 0 Å². The summed E-state index contributed by atoms with van der Waals surface area (Å²) < 4.78 is 0. The molecule has 0 bridgehead atoms. The van der Waals surface area contributed by atoms with Crippen molar-refractivity contribution >= 4 is 24.2 Å². The Morgan fingerprint density at radius 1 is 0.682 bits per heavy atom. The molecule has 2 aromatic carbocycles. The molecule has 6 nitrogen and oxygen atoms in total. The van der Waals surface area contributed by atoms with E-state index in [-0.39, 0.29) is 11.8 Å². The van der Waals surface area contributed by atoms with Crippen molar-refractivity contribution in [1.29, 1.82) is 0 Å². The van der Waals surface area contributed by atoms with Crippen molar-refractivity contribution in [2.75, 3.05) is 0 Å². The van der Waals surface area contributed by atoms with Gasteiger partial charge in [-0.15, -0.1) is 0 Å². The molecule has 0 fully saturated rings. The predicted molar refractivity (Wildman–Crippen MR) is 84.8 cm³/mol. The van der Waals surface area contributed by atoms with Gasteiger partial charge >= 0.3 is 0 Å². The van der Waals surface area contributed by atoms with Gasteiger partial charge in [-0.2, -0.15) is 10.2 Å². The van der Waals surface area contributed by atoms with Crippen molar-refractivity contribution < 1.29 is 9.59 Å². The van der Waals surface area contributed by atoms with Gasteiger partial charge in [0.15, 0.2) is 0 Å². The number of benzene rings is 2. The predicted octanol–water partition coefficient (Wildman–Crippen LogP) is 1.82. The number of hydrogen-bond acceptors (Lipinski definition) is 4. The molecule has 0 radical (unpaired) electrons. The lowest BCUT2D eigenvalue weighted by Crippen LogP contribution is -2.18. The van der Waals surface area contributed by atoms with E-state index in [0.717, 1.165) is 0 Å². The number of nitrogens with zero attached hydrogens (tertiary/aromatic N) is 2. The summed E-state index contributed by atoms with van der Waals surface area (Å²) in [5.41, 5.74) is 5.71. The fourth-order valence-corrected chi connectivity index (χ4v) is 1.57. The molecular formula is C16H14N4O2. The largest absolute Gasteiger partial charge is 0.271 e. The normalized spacial score (nSPS) is 10.7. The molecule has 22 heavy (non-hydrogen) atoms. The SMILES string of the molecule is O=C(N/N=C\C=N/NC(=O)c1ccccc1)c1ccccc1. The molecule has 0 spiro atoms. The number of carbonyl (C=O) groups is 2. The number of nitrogens with one attached hydrogen (secondary N) is 2. The van der Waals surface area contributed by atoms with Gasteiger partial charge in [-0.1, -0.05) is 36.4 Å². The van der Waals surface area contributed by atoms with Gasteiger partial charge in [-0.25, -0.2) is 10.9 Å². The van der Waals surface area contributed by atoms with Crippen LogP contribution in [0.15, 0.2) is 70.9 Å². The van der Waals surface area contributed by atoms with Gasteiger partial charge < -0.3 is 0 Å². The molecule has 2 amide bonds. The zero-order valence-corrected chi connectivity index (χ0v) is 11.6. The van der Waals surface area contributed by atoms with Crippen LogP contribution in [-0.2, 0) is 0 Å². The first-order chi connectivity index (χ1) is 10.8. The van der Waals surface area contributed by atoms with Gasteiger partial charge in [0.05, 0.1) is 12.4 Å². The molecular weight excluding hydrogens is 280 g/mol. The Labute approximate surface area is 127 Å². The molecule has 2 N–H and O–H groups in total. The molecule has 2 rings (SSSR count). The van der Waals surface area contributed by atoms with Crippen molar-refractivity contribution in [3.8, 4) is 0 Å². The summed E-state index contributed by atoms with van der Waals surface area (Å²) in [5, 5.41) is 7.38. The quantitative estimate of drug-likeness (QED) is 0.651. The van der Waals surface area contributed by atoms with Crippen molar-refractivity contribution in [1.82, 2.24) is 10.9 Å². The van der Waals surface area contributed by atoms with Gasteiger partial charge in [-0.3, -0.25) is 9.59 Å². The summed E-state index contributed by atoms with van der Waals surface area (Å²) in [6.45, 7) is 0. The van der Waals surface area contributed by atoms with Crippen LogP contribution in [-0.4, -0.2) is 24.2 Å². The lowest BCUT2D eigenvalue weighted by atomic mass is 10.2. The van der Waals surface area contributed by atoms with Crippen molar-refractivity contribution in [3.05, 3.63) is 71.8 Å². The number of rotatable bonds is 5. The van der Waals surface area contributed by atoms with Crippen LogP contribution in [0.25, 0.3) is 0 Å². The first-order valence-corrected chi connectivity index (χ1v) is 6.53. The number of hydrazone groups is 2. The molecule has 2 aromatic rings. The number of hydrogen-bond donors (Lipinski definition) is 2. The van der Waals surface area contributed by atoms with E-state index in [9.17, 15) is 9.59 Å². The van der Waals surface area contributed by atoms with Crippen LogP contribution in [0.1, 0.15) is 20.7 Å². The highest BCUT2D eigenvalue weighted by atomic mass is 16.2. The second kappa shape index (κ2) is 8.11. The Balaban J connectivity index is 1.76. The van der Waals surface area contributed by atoms with E-state index in [2.05, 4.69) is 21.1 Å². The molecule has 0 aromatic heterocycles. The second-order valence-corrected chi connectivity index (χ2v) is 4.17. The van der Waals surface area contributed by atoms with E-state index < -0.39 is 0 Å². The Bertz CT molecular complexity index is 620. The summed E-state index contributed by atoms with van der Waals surface area (Å²) in [6.07, 6.45) is 2.54. The lowest BCUT2D eigenvalue weighted by molar-refractivity contribution is 0.0946. The molecule has 0 heterocycles. The van der Waals surface area contributed by atoms with Crippen LogP contribution in [0.5, 0.6) is 0 Å². The molecule has 0 saturated carbocycles. The summed E-state index contributed by atoms with van der Waals surface area (Å²) in [7, 11) is 0. The van der Waals surface area contributed by atoms with E-state index in [4.69, 9.17) is 0 Å². The van der Waals surface area contributed by atoms with Crippen molar-refractivity contribution in [2.45, 2.75) is 0 Å². The topological polar surface area (TPSA) is 82.9 Å². The van der Waals surface area contributed by atoms with Gasteiger partial charge in [-0.05, 0) is 24.3 Å². The van der Waals surface area contributed by atoms with Gasteiger partial charge in [0, 0.05) is 11.1 Å². The highest BCUT2D eigenvalue weighted by Gasteiger charge is 2.01. The summed E-state index contributed by atoms with van der Waals surface area (Å²) in [4.78, 5) is 23.3. The number of amides is 2. The maximum Gasteiger partial charge on any atom is 0.271 e. The molecule has 0 atom stereocenters. The lowest BCUT2D eigenvalue weighted by Gasteiger charge is -1.98. The minimum Gasteiger partial charge on any atom is -0.267 e. The van der Waals surface area contributed by atoms with Gasteiger partial charge in [0.2, 0.25) is 0 Å². The molecule has 0 unspecified atom stereocenters. The zero-order valence-electron chi connectivity index (χ0n) is 11.6. The Morgan fingerprint density at radius 3 is 1.41 bits per heavy atom. The minimum absolute atomic E-state index is 0.321. The molecule has 110 valence electrons. The average Bonchev–Trinajstić information content (AvgIpc) is 2.59. The molecule has 0 saturated heterocycles. The minimum atomic E-state index is -0.321. The average molecular weight is 294 g/mol. The smallest absolute Gasteiger partial charge is 0.267 e. The standard InChI is InChI=1S/C16H14N4O2/c21-15(13-7-3-1-4-8-13)19-17-11-12-18-20-16(22)14-9-5-2-6-10-14/h1-12H,(H,19,21)(H,20,22)/b17-11-,18-12-. The van der Waals surface area contributed by atoms with Gasteiger partial charge in [0.1, 0.15) is 0 Å². The van der Waals surface area contributed by atoms with Crippen molar-refractivity contribution in [2.24, 2.45) is 10.2 Å².